The smallest absolute Gasteiger partial charge is 0.407 e. The molecule has 7 heteroatoms. The van der Waals surface area contributed by atoms with Crippen LogP contribution in [0.3, 0.4) is 0 Å². The first kappa shape index (κ1) is 18.1. The lowest BCUT2D eigenvalue weighted by molar-refractivity contribution is 0.0807. The minimum absolute atomic E-state index is 0.00995. The number of Topliss-reactive ketones (excluding diaryl/α,β-unsaturated/α-hetero) is 1. The van der Waals surface area contributed by atoms with Crippen LogP contribution in [0.25, 0.3) is 0 Å². The van der Waals surface area contributed by atoms with Crippen molar-refractivity contribution < 1.29 is 14.7 Å². The Kier molecular flexibility index (Phi) is 5.68. The lowest BCUT2D eigenvalue weighted by atomic mass is 9.92. The van der Waals surface area contributed by atoms with Gasteiger partial charge in [-0.15, -0.1) is 0 Å². The van der Waals surface area contributed by atoms with E-state index in [1.807, 2.05) is 22.9 Å². The Bertz CT molecular complexity index is 779. The maximum Gasteiger partial charge on any atom is 0.407 e. The highest BCUT2D eigenvalue weighted by Crippen LogP contribution is 2.21. The van der Waals surface area contributed by atoms with Crippen LogP contribution in [0.1, 0.15) is 34.6 Å². The van der Waals surface area contributed by atoms with Crippen molar-refractivity contribution in [2.24, 2.45) is 11.7 Å². The summed E-state index contributed by atoms with van der Waals surface area (Å²) in [6.07, 6.45) is 4.45. The summed E-state index contributed by atoms with van der Waals surface area (Å²) in [5.74, 6) is 0.317. The zero-order chi connectivity index (χ0) is 18.5. The number of likely N-dealkylation sites (tertiary alicyclic amines) is 1. The van der Waals surface area contributed by atoms with Crippen molar-refractivity contribution in [2.45, 2.75) is 32.4 Å². The Morgan fingerprint density at radius 1 is 1.23 bits per heavy atom. The molecule has 2 heterocycles. The quantitative estimate of drug-likeness (QED) is 0.772. The van der Waals surface area contributed by atoms with Gasteiger partial charge in [0.05, 0.1) is 0 Å². The molecule has 26 heavy (non-hydrogen) atoms. The summed E-state index contributed by atoms with van der Waals surface area (Å²) in [6, 6.07) is 8.13. The van der Waals surface area contributed by atoms with Crippen molar-refractivity contribution >= 4 is 11.9 Å². The average molecular weight is 356 g/mol. The third kappa shape index (κ3) is 4.11. The largest absolute Gasteiger partial charge is 0.465 e. The summed E-state index contributed by atoms with van der Waals surface area (Å²) in [7, 11) is 0. The molecule has 0 unspecified atom stereocenters. The number of rotatable bonds is 6. The number of nitrogens with two attached hydrogens (primary N) is 1. The second kappa shape index (κ2) is 8.14. The fourth-order valence-electron chi connectivity index (χ4n) is 3.39. The van der Waals surface area contributed by atoms with Gasteiger partial charge in [0, 0.05) is 44.5 Å². The SMILES string of the molecule is NCc1cccc(CCn2ccnc2C(=O)C2CCN(C(=O)O)CC2)c1. The maximum absolute atomic E-state index is 12.8. The molecule has 0 spiro atoms. The van der Waals surface area contributed by atoms with Gasteiger partial charge in [0.1, 0.15) is 0 Å². The molecule has 1 aliphatic rings. The van der Waals surface area contributed by atoms with E-state index in [0.29, 0.717) is 44.8 Å². The molecule has 2 aromatic rings. The summed E-state index contributed by atoms with van der Waals surface area (Å²) in [5, 5.41) is 9.02. The van der Waals surface area contributed by atoms with Crippen molar-refractivity contribution in [2.75, 3.05) is 13.1 Å². The number of benzene rings is 1. The number of piperidine rings is 1. The highest BCUT2D eigenvalue weighted by atomic mass is 16.4. The first-order chi connectivity index (χ1) is 12.6. The fourth-order valence-corrected chi connectivity index (χ4v) is 3.39. The van der Waals surface area contributed by atoms with E-state index in [-0.39, 0.29) is 11.7 Å². The van der Waals surface area contributed by atoms with Gasteiger partial charge in [-0.3, -0.25) is 4.79 Å². The van der Waals surface area contributed by atoms with E-state index in [0.717, 1.165) is 12.0 Å². The van der Waals surface area contributed by atoms with E-state index in [2.05, 4.69) is 17.1 Å². The second-order valence-electron chi connectivity index (χ2n) is 6.63. The van der Waals surface area contributed by atoms with Gasteiger partial charge in [-0.2, -0.15) is 0 Å². The van der Waals surface area contributed by atoms with E-state index >= 15 is 0 Å². The molecule has 138 valence electrons. The summed E-state index contributed by atoms with van der Waals surface area (Å²) in [6.45, 7) is 1.98. The van der Waals surface area contributed by atoms with Crippen molar-refractivity contribution in [1.29, 1.82) is 0 Å². The lowest BCUT2D eigenvalue weighted by Crippen LogP contribution is -2.39. The van der Waals surface area contributed by atoms with Crippen LogP contribution in [0.5, 0.6) is 0 Å². The molecule has 1 aromatic heterocycles. The highest BCUT2D eigenvalue weighted by molar-refractivity contribution is 5.94. The Labute approximate surface area is 152 Å². The molecular weight excluding hydrogens is 332 g/mol. The predicted octanol–water partition coefficient (Wildman–Crippen LogP) is 2.16. The topological polar surface area (TPSA) is 101 Å². The first-order valence-electron chi connectivity index (χ1n) is 8.89. The van der Waals surface area contributed by atoms with Gasteiger partial charge in [-0.1, -0.05) is 24.3 Å². The molecule has 1 saturated heterocycles. The fraction of sp³-hybridized carbons (Fsp3) is 0.421. The van der Waals surface area contributed by atoms with Crippen LogP contribution in [0, 0.1) is 5.92 Å². The van der Waals surface area contributed by atoms with E-state index in [9.17, 15) is 9.59 Å². The molecule has 0 saturated carbocycles. The van der Waals surface area contributed by atoms with Crippen molar-refractivity contribution in [3.05, 3.63) is 53.6 Å². The number of nitrogens with zero attached hydrogens (tertiary/aromatic N) is 3. The van der Waals surface area contributed by atoms with E-state index in [4.69, 9.17) is 10.8 Å². The number of carbonyl (C=O) groups excluding carboxylic acids is 1. The molecule has 0 radical (unpaired) electrons. The van der Waals surface area contributed by atoms with Crippen molar-refractivity contribution in [1.82, 2.24) is 14.5 Å². The van der Waals surface area contributed by atoms with Crippen LogP contribution in [-0.4, -0.2) is 44.5 Å². The Morgan fingerprint density at radius 3 is 2.65 bits per heavy atom. The minimum atomic E-state index is -0.919. The van der Waals surface area contributed by atoms with Gasteiger partial charge in [0.2, 0.25) is 5.78 Å². The third-order valence-corrected chi connectivity index (χ3v) is 4.94. The highest BCUT2D eigenvalue weighted by Gasteiger charge is 2.29. The van der Waals surface area contributed by atoms with Crippen molar-refractivity contribution in [3.63, 3.8) is 0 Å². The number of hydrogen-bond acceptors (Lipinski definition) is 4. The summed E-state index contributed by atoms with van der Waals surface area (Å²) >= 11 is 0. The normalized spacial score (nSPS) is 15.2. The van der Waals surface area contributed by atoms with Crippen LogP contribution in [-0.2, 0) is 19.5 Å². The lowest BCUT2D eigenvalue weighted by Gasteiger charge is -2.29. The number of aryl methyl sites for hydroxylation is 2. The van der Waals surface area contributed by atoms with Crippen LogP contribution < -0.4 is 5.73 Å². The molecule has 0 atom stereocenters. The molecule has 3 N–H and O–H groups in total. The zero-order valence-electron chi connectivity index (χ0n) is 14.7. The standard InChI is InChI=1S/C19H24N4O3/c20-13-15-3-1-2-14(12-15)4-8-22-11-7-21-18(22)17(24)16-5-9-23(10-6-16)19(25)26/h1-3,7,11-12,16H,4-6,8-10,13,20H2,(H,25,26). The van der Waals surface area contributed by atoms with Gasteiger partial charge in [0.25, 0.3) is 0 Å². The van der Waals surface area contributed by atoms with E-state index in [1.54, 1.807) is 6.20 Å². The third-order valence-electron chi connectivity index (χ3n) is 4.94. The number of aromatic nitrogens is 2. The second-order valence-corrected chi connectivity index (χ2v) is 6.63. The predicted molar refractivity (Wildman–Crippen MR) is 96.9 cm³/mol. The molecule has 1 amide bonds. The Hall–Kier alpha value is -2.67. The average Bonchev–Trinajstić information content (AvgIpc) is 3.14. The van der Waals surface area contributed by atoms with Crippen molar-refractivity contribution in [3.8, 4) is 0 Å². The van der Waals surface area contributed by atoms with Gasteiger partial charge in [-0.05, 0) is 30.4 Å². The van der Waals surface area contributed by atoms with E-state index < -0.39 is 6.09 Å². The Balaban J connectivity index is 1.63. The van der Waals surface area contributed by atoms with Crippen LogP contribution >= 0.6 is 0 Å². The van der Waals surface area contributed by atoms with Gasteiger partial charge in [-0.25, -0.2) is 9.78 Å². The number of hydrogen-bond donors (Lipinski definition) is 2. The summed E-state index contributed by atoms with van der Waals surface area (Å²) < 4.78 is 1.89. The first-order valence-corrected chi connectivity index (χ1v) is 8.89. The molecule has 1 aromatic carbocycles. The van der Waals surface area contributed by atoms with Gasteiger partial charge < -0.3 is 20.3 Å². The molecule has 0 aliphatic carbocycles. The van der Waals surface area contributed by atoms with Gasteiger partial charge >= 0.3 is 6.09 Å². The van der Waals surface area contributed by atoms with Crippen LogP contribution in [0.2, 0.25) is 0 Å². The number of carbonyl (C=O) groups is 2. The molecule has 1 fully saturated rings. The van der Waals surface area contributed by atoms with Crippen LogP contribution in [0.4, 0.5) is 4.79 Å². The maximum atomic E-state index is 12.8. The number of amides is 1. The molecule has 0 bridgehead atoms. The number of carboxylic acid groups (broad SMARTS) is 1. The van der Waals surface area contributed by atoms with Crippen LogP contribution in [0.15, 0.2) is 36.7 Å². The summed E-state index contributed by atoms with van der Waals surface area (Å²) in [5.41, 5.74) is 7.95. The summed E-state index contributed by atoms with van der Waals surface area (Å²) in [4.78, 5) is 29.4. The number of imidazole rings is 1. The number of ketones is 1. The molecular formula is C19H24N4O3. The molecule has 1 aliphatic heterocycles. The van der Waals surface area contributed by atoms with Gasteiger partial charge in [0.15, 0.2) is 5.82 Å². The van der Waals surface area contributed by atoms with E-state index in [1.165, 1.54) is 10.5 Å². The zero-order valence-corrected chi connectivity index (χ0v) is 14.7. The molecule has 7 nitrogen and oxygen atoms in total. The molecule has 3 rings (SSSR count). The monoisotopic (exact) mass is 356 g/mol. The Morgan fingerprint density at radius 2 is 1.96 bits per heavy atom. The minimum Gasteiger partial charge on any atom is -0.465 e.